The number of carbonyl (C=O) groups is 1. The maximum absolute atomic E-state index is 11.3. The molecule has 3 rings (SSSR count). The number of ether oxygens (including phenoxy) is 2. The second-order valence-corrected chi connectivity index (χ2v) is 3.26. The average Bonchev–Trinajstić information content (AvgIpc) is 2.85. The van der Waals surface area contributed by atoms with Crippen LogP contribution in [0.5, 0.6) is 11.5 Å². The molecule has 2 aliphatic heterocycles. The van der Waals surface area contributed by atoms with Gasteiger partial charge in [-0.3, -0.25) is 0 Å². The Hall–Kier alpha value is -1.51. The molecular weight excluding hydrogens is 168 g/mol. The fourth-order valence-electron chi connectivity index (χ4n) is 1.79. The van der Waals surface area contributed by atoms with E-state index in [-0.39, 0.29) is 12.1 Å². The van der Waals surface area contributed by atoms with E-state index in [1.54, 1.807) is 6.07 Å². The first kappa shape index (κ1) is 6.95. The van der Waals surface area contributed by atoms with Crippen molar-refractivity contribution in [2.24, 2.45) is 0 Å². The zero-order valence-electron chi connectivity index (χ0n) is 7.16. The second kappa shape index (κ2) is 2.05. The van der Waals surface area contributed by atoms with Crippen molar-refractivity contribution in [2.45, 2.75) is 19.4 Å². The molecule has 1 aromatic rings. The summed E-state index contributed by atoms with van der Waals surface area (Å²) in [5.41, 5.74) is 1.62. The number of cyclic esters (lactones) is 1. The Balaban J connectivity index is 2.22. The van der Waals surface area contributed by atoms with Crippen molar-refractivity contribution >= 4 is 5.97 Å². The second-order valence-electron chi connectivity index (χ2n) is 3.26. The van der Waals surface area contributed by atoms with Crippen LogP contribution < -0.4 is 4.74 Å². The van der Waals surface area contributed by atoms with Gasteiger partial charge in [-0.1, -0.05) is 6.92 Å². The molecule has 2 aliphatic rings. The summed E-state index contributed by atoms with van der Waals surface area (Å²) in [5, 5.41) is 0. The first-order valence-corrected chi connectivity index (χ1v) is 4.37. The van der Waals surface area contributed by atoms with E-state index >= 15 is 0 Å². The van der Waals surface area contributed by atoms with E-state index in [0.29, 0.717) is 5.56 Å². The predicted octanol–water partition coefficient (Wildman–Crippen LogP) is 2.41. The van der Waals surface area contributed by atoms with Crippen LogP contribution >= 0.6 is 0 Å². The summed E-state index contributed by atoms with van der Waals surface area (Å²) in [7, 11) is 0. The van der Waals surface area contributed by atoms with Crippen LogP contribution in [0.2, 0.25) is 0 Å². The molecule has 0 aliphatic carbocycles. The molecular formula is C10H8O3. The molecule has 0 amide bonds. The Morgan fingerprint density at radius 3 is 3.08 bits per heavy atom. The molecule has 1 atom stereocenters. The van der Waals surface area contributed by atoms with Crippen molar-refractivity contribution in [2.75, 3.05) is 0 Å². The predicted molar refractivity (Wildman–Crippen MR) is 45.0 cm³/mol. The summed E-state index contributed by atoms with van der Waals surface area (Å²) < 4.78 is 10.4. The summed E-state index contributed by atoms with van der Waals surface area (Å²) in [6.07, 6.45) is 0.707. The number of benzene rings is 1. The van der Waals surface area contributed by atoms with E-state index in [1.165, 1.54) is 0 Å². The summed E-state index contributed by atoms with van der Waals surface area (Å²) in [6, 6.07) is 3.59. The number of fused-ring (bicyclic) bond motifs is 3. The van der Waals surface area contributed by atoms with Crippen molar-refractivity contribution < 1.29 is 14.3 Å². The Kier molecular flexibility index (Phi) is 1.09. The molecule has 2 heterocycles. The van der Waals surface area contributed by atoms with Crippen LogP contribution in [-0.2, 0) is 4.74 Å². The highest BCUT2D eigenvalue weighted by atomic mass is 16.6. The number of rotatable bonds is 1. The first-order chi connectivity index (χ1) is 6.31. The van der Waals surface area contributed by atoms with E-state index in [0.717, 1.165) is 23.5 Å². The number of hydrogen-bond acceptors (Lipinski definition) is 3. The Bertz CT molecular complexity index is 409. The van der Waals surface area contributed by atoms with Crippen LogP contribution in [0.1, 0.15) is 35.4 Å². The van der Waals surface area contributed by atoms with Crippen molar-refractivity contribution in [3.8, 4) is 11.5 Å². The van der Waals surface area contributed by atoms with Gasteiger partial charge in [0, 0.05) is 0 Å². The van der Waals surface area contributed by atoms with E-state index in [2.05, 4.69) is 0 Å². The average molecular weight is 176 g/mol. The summed E-state index contributed by atoms with van der Waals surface area (Å²) in [4.78, 5) is 11.3. The van der Waals surface area contributed by atoms with Crippen LogP contribution in [0.4, 0.5) is 0 Å². The van der Waals surface area contributed by atoms with Gasteiger partial charge in [-0.2, -0.15) is 0 Å². The van der Waals surface area contributed by atoms with E-state index in [1.807, 2.05) is 13.0 Å². The van der Waals surface area contributed by atoms with Gasteiger partial charge >= 0.3 is 5.97 Å². The third-order valence-corrected chi connectivity index (χ3v) is 2.49. The molecule has 66 valence electrons. The van der Waals surface area contributed by atoms with Crippen molar-refractivity contribution in [1.29, 1.82) is 0 Å². The van der Waals surface area contributed by atoms with Crippen LogP contribution in [0.25, 0.3) is 0 Å². The van der Waals surface area contributed by atoms with Crippen LogP contribution in [-0.4, -0.2) is 5.97 Å². The zero-order chi connectivity index (χ0) is 9.00. The molecule has 1 aromatic carbocycles. The van der Waals surface area contributed by atoms with Crippen molar-refractivity contribution in [3.63, 3.8) is 0 Å². The third-order valence-electron chi connectivity index (χ3n) is 2.49. The highest BCUT2D eigenvalue weighted by molar-refractivity contribution is 5.96. The highest BCUT2D eigenvalue weighted by Gasteiger charge is 2.39. The van der Waals surface area contributed by atoms with Gasteiger partial charge in [-0.15, -0.1) is 0 Å². The topological polar surface area (TPSA) is 38.8 Å². The van der Waals surface area contributed by atoms with E-state index in [9.17, 15) is 4.79 Å². The van der Waals surface area contributed by atoms with E-state index in [4.69, 9.17) is 9.47 Å². The number of hydrogen-bond donors (Lipinski definition) is 0. The molecule has 0 saturated carbocycles. The molecule has 0 fully saturated rings. The Labute approximate surface area is 75.3 Å². The molecule has 0 bridgehead atoms. The highest BCUT2D eigenvalue weighted by Crippen LogP contribution is 2.54. The molecule has 3 nitrogen and oxygen atoms in total. The number of esters is 1. The van der Waals surface area contributed by atoms with Crippen LogP contribution in [0.15, 0.2) is 12.1 Å². The summed E-state index contributed by atoms with van der Waals surface area (Å²) >= 11 is 0. The SMILES string of the molecule is CCC1OC(=O)c2ccc3c(c21)O3. The zero-order valence-corrected chi connectivity index (χ0v) is 7.16. The van der Waals surface area contributed by atoms with Gasteiger partial charge in [0.05, 0.1) is 11.1 Å². The normalized spacial score (nSPS) is 21.6. The molecule has 0 spiro atoms. The van der Waals surface area contributed by atoms with Gasteiger partial charge in [0.15, 0.2) is 11.5 Å². The first-order valence-electron chi connectivity index (χ1n) is 4.37. The molecule has 0 aromatic heterocycles. The Morgan fingerprint density at radius 1 is 1.46 bits per heavy atom. The lowest BCUT2D eigenvalue weighted by atomic mass is 10.0. The largest absolute Gasteiger partial charge is 0.454 e. The molecule has 0 radical (unpaired) electrons. The molecule has 13 heavy (non-hydrogen) atoms. The maximum atomic E-state index is 11.3. The van der Waals surface area contributed by atoms with Gasteiger partial charge in [-0.05, 0) is 18.6 Å². The van der Waals surface area contributed by atoms with Gasteiger partial charge < -0.3 is 9.47 Å². The van der Waals surface area contributed by atoms with Gasteiger partial charge in [0.2, 0.25) is 0 Å². The molecule has 0 saturated heterocycles. The summed E-state index contributed by atoms with van der Waals surface area (Å²) in [5.74, 6) is 1.52. The lowest BCUT2D eigenvalue weighted by molar-refractivity contribution is 0.0378. The lowest BCUT2D eigenvalue weighted by Gasteiger charge is -2.04. The minimum Gasteiger partial charge on any atom is -0.454 e. The van der Waals surface area contributed by atoms with Crippen LogP contribution in [0, 0.1) is 0 Å². The number of carbonyl (C=O) groups excluding carboxylic acids is 1. The fourth-order valence-corrected chi connectivity index (χ4v) is 1.79. The minimum absolute atomic E-state index is 0.0973. The molecule has 0 N–H and O–H groups in total. The third kappa shape index (κ3) is 0.763. The fraction of sp³-hybridized carbons (Fsp3) is 0.300. The van der Waals surface area contributed by atoms with Crippen LogP contribution in [0.3, 0.4) is 0 Å². The van der Waals surface area contributed by atoms with Gasteiger partial charge in [0.25, 0.3) is 0 Å². The van der Waals surface area contributed by atoms with Gasteiger partial charge in [0.1, 0.15) is 6.10 Å². The smallest absolute Gasteiger partial charge is 0.339 e. The molecule has 3 heteroatoms. The van der Waals surface area contributed by atoms with Crippen molar-refractivity contribution in [1.82, 2.24) is 0 Å². The minimum atomic E-state index is -0.222. The monoisotopic (exact) mass is 176 g/mol. The van der Waals surface area contributed by atoms with Crippen molar-refractivity contribution in [3.05, 3.63) is 23.3 Å². The molecule has 1 unspecified atom stereocenters. The van der Waals surface area contributed by atoms with Gasteiger partial charge in [-0.25, -0.2) is 4.79 Å². The Morgan fingerprint density at radius 2 is 2.31 bits per heavy atom. The summed E-state index contributed by atoms with van der Waals surface area (Å²) in [6.45, 7) is 1.99. The lowest BCUT2D eigenvalue weighted by Crippen LogP contribution is -1.96. The quantitative estimate of drug-likeness (QED) is 0.494. The van der Waals surface area contributed by atoms with E-state index < -0.39 is 0 Å². The standard InChI is InChI=1S/C10H8O3/c1-2-6-8-5(10(11)13-6)3-4-7-9(8)12-7/h3-4,6H,2H2,1H3. The maximum Gasteiger partial charge on any atom is 0.339 e.